The Labute approximate surface area is 204 Å². The van der Waals surface area contributed by atoms with Crippen molar-refractivity contribution < 1.29 is 14.7 Å². The number of aromatic nitrogens is 3. The average Bonchev–Trinajstić information content (AvgIpc) is 3.33. The predicted molar refractivity (Wildman–Crippen MR) is 130 cm³/mol. The van der Waals surface area contributed by atoms with E-state index >= 15 is 0 Å². The van der Waals surface area contributed by atoms with Crippen LogP contribution in [-0.2, 0) is 23.2 Å². The average molecular weight is 499 g/mol. The molecule has 1 fully saturated rings. The molecule has 4 heterocycles. The molecule has 1 atom stereocenters. The highest BCUT2D eigenvalue weighted by Crippen LogP contribution is 2.45. The van der Waals surface area contributed by atoms with E-state index in [1.54, 1.807) is 4.57 Å². The molecule has 8 nitrogen and oxygen atoms in total. The van der Waals surface area contributed by atoms with Gasteiger partial charge in [-0.05, 0) is 43.7 Å². The number of carboxylic acid groups (broad SMARTS) is 1. The largest absolute Gasteiger partial charge is 0.481 e. The van der Waals surface area contributed by atoms with Gasteiger partial charge in [0.05, 0.1) is 21.9 Å². The zero-order valence-corrected chi connectivity index (χ0v) is 20.0. The minimum atomic E-state index is -0.778. The quantitative estimate of drug-likeness (QED) is 0.538. The Morgan fingerprint density at radius 1 is 1.24 bits per heavy atom. The second kappa shape index (κ2) is 7.88. The number of hydrogen-bond donors (Lipinski definition) is 2. The molecule has 176 valence electrons. The molecule has 0 bridgehead atoms. The fourth-order valence-corrected chi connectivity index (χ4v) is 7.57. The van der Waals surface area contributed by atoms with Crippen molar-refractivity contribution in [3.05, 3.63) is 43.9 Å². The molecular formula is C24H23ClN4O4S. The summed E-state index contributed by atoms with van der Waals surface area (Å²) in [5.74, 6) is -0.735. The number of fused-ring (bicyclic) bond motifs is 5. The first-order valence-corrected chi connectivity index (χ1v) is 12.8. The molecule has 10 heteroatoms. The number of carbonyl (C=O) groups excluding carboxylic acids is 1. The Morgan fingerprint density at radius 3 is 2.79 bits per heavy atom. The van der Waals surface area contributed by atoms with E-state index < -0.39 is 17.4 Å². The number of nitrogens with zero attached hydrogens (tertiary/aromatic N) is 3. The standard InChI is InChI=1S/C24H23ClN4O4S/c25-14-9-15(22(31)29-19(14)16(30)10-24(29)6-2-1-3-7-24)28-20-18-13-5-4-12(23(32)33)8-17(13)34-21(18)27-11-26-20/h9,11-12H,1-8,10H2,(H,32,33)(H,26,27,28)/t12-/m0/s1. The second-order valence-corrected chi connectivity index (χ2v) is 11.1. The summed E-state index contributed by atoms with van der Waals surface area (Å²) < 4.78 is 1.65. The summed E-state index contributed by atoms with van der Waals surface area (Å²) in [5.41, 5.74) is 0.908. The van der Waals surface area contributed by atoms with Crippen molar-refractivity contribution in [1.82, 2.24) is 14.5 Å². The number of aliphatic carboxylic acids is 1. The monoisotopic (exact) mass is 498 g/mol. The summed E-state index contributed by atoms with van der Waals surface area (Å²) >= 11 is 8.04. The van der Waals surface area contributed by atoms with Gasteiger partial charge in [-0.15, -0.1) is 11.3 Å². The van der Waals surface area contributed by atoms with Crippen LogP contribution in [0.3, 0.4) is 0 Å². The first-order chi connectivity index (χ1) is 16.4. The van der Waals surface area contributed by atoms with E-state index in [1.165, 1.54) is 23.7 Å². The minimum absolute atomic E-state index is 0.0696. The van der Waals surface area contributed by atoms with Crippen LogP contribution in [0.2, 0.25) is 5.02 Å². The molecule has 1 saturated carbocycles. The SMILES string of the molecule is O=C1CC2(CCCCC2)n2c1c(Cl)cc(Nc1ncnc3sc4c(c13)CC[C@H](C(=O)O)C4)c2=O. The van der Waals surface area contributed by atoms with E-state index in [9.17, 15) is 19.5 Å². The highest BCUT2D eigenvalue weighted by molar-refractivity contribution is 7.19. The zero-order valence-electron chi connectivity index (χ0n) is 18.4. The summed E-state index contributed by atoms with van der Waals surface area (Å²) in [4.78, 5) is 48.6. The fraction of sp³-hybridized carbons (Fsp3) is 0.458. The number of ketones is 1. The van der Waals surface area contributed by atoms with E-state index in [4.69, 9.17) is 11.6 Å². The molecule has 3 aliphatic rings. The molecule has 2 aliphatic carbocycles. The maximum atomic E-state index is 13.7. The number of Topliss-reactive ketones (excluding diaryl/α,β-unsaturated/α-hetero) is 1. The van der Waals surface area contributed by atoms with Gasteiger partial charge < -0.3 is 10.4 Å². The first kappa shape index (κ1) is 21.7. The van der Waals surface area contributed by atoms with E-state index in [1.807, 2.05) is 0 Å². The van der Waals surface area contributed by atoms with Crippen molar-refractivity contribution in [2.24, 2.45) is 5.92 Å². The number of thiophene rings is 1. The normalized spacial score (nSPS) is 21.0. The minimum Gasteiger partial charge on any atom is -0.481 e. The molecule has 0 saturated heterocycles. The van der Waals surface area contributed by atoms with Gasteiger partial charge in [0.25, 0.3) is 5.56 Å². The Hall–Kier alpha value is -2.78. The van der Waals surface area contributed by atoms with Crippen LogP contribution in [-0.4, -0.2) is 31.4 Å². The van der Waals surface area contributed by atoms with Crippen molar-refractivity contribution in [3.8, 4) is 0 Å². The number of hydrogen-bond acceptors (Lipinski definition) is 7. The highest BCUT2D eigenvalue weighted by Gasteiger charge is 2.46. The molecule has 3 aromatic heterocycles. The van der Waals surface area contributed by atoms with E-state index in [0.717, 1.165) is 52.8 Å². The number of anilines is 2. The Bertz CT molecular complexity index is 1420. The van der Waals surface area contributed by atoms with Gasteiger partial charge in [0, 0.05) is 11.3 Å². The van der Waals surface area contributed by atoms with Crippen LogP contribution in [0, 0.1) is 5.92 Å². The predicted octanol–water partition coefficient (Wildman–Crippen LogP) is 4.69. The summed E-state index contributed by atoms with van der Waals surface area (Å²) in [6.45, 7) is 0. The molecule has 0 amide bonds. The van der Waals surface area contributed by atoms with Crippen molar-refractivity contribution in [2.75, 3.05) is 5.32 Å². The number of pyridine rings is 1. The van der Waals surface area contributed by atoms with Crippen molar-refractivity contribution in [2.45, 2.75) is 63.3 Å². The zero-order chi connectivity index (χ0) is 23.6. The van der Waals surface area contributed by atoms with Gasteiger partial charge in [-0.1, -0.05) is 30.9 Å². The fourth-order valence-electron chi connectivity index (χ4n) is 6.00. The van der Waals surface area contributed by atoms with Crippen LogP contribution in [0.1, 0.15) is 65.9 Å². The van der Waals surface area contributed by atoms with Crippen LogP contribution in [0.5, 0.6) is 0 Å². The van der Waals surface area contributed by atoms with Crippen LogP contribution < -0.4 is 10.9 Å². The number of halogens is 1. The lowest BCUT2D eigenvalue weighted by Gasteiger charge is -2.35. The molecule has 0 unspecified atom stereocenters. The lowest BCUT2D eigenvalue weighted by molar-refractivity contribution is -0.142. The molecule has 1 aliphatic heterocycles. The van der Waals surface area contributed by atoms with Gasteiger partial charge in [-0.2, -0.15) is 0 Å². The van der Waals surface area contributed by atoms with Gasteiger partial charge >= 0.3 is 5.97 Å². The molecule has 2 N–H and O–H groups in total. The Morgan fingerprint density at radius 2 is 2.03 bits per heavy atom. The van der Waals surface area contributed by atoms with Crippen LogP contribution in [0.25, 0.3) is 10.2 Å². The van der Waals surface area contributed by atoms with Crippen LogP contribution >= 0.6 is 22.9 Å². The first-order valence-electron chi connectivity index (χ1n) is 11.6. The van der Waals surface area contributed by atoms with Gasteiger partial charge in [0.2, 0.25) is 0 Å². The molecule has 0 aromatic carbocycles. The third-order valence-electron chi connectivity index (χ3n) is 7.61. The molecule has 3 aromatic rings. The maximum Gasteiger partial charge on any atom is 0.306 e. The third-order valence-corrected chi connectivity index (χ3v) is 9.06. The van der Waals surface area contributed by atoms with Crippen molar-refractivity contribution in [1.29, 1.82) is 0 Å². The van der Waals surface area contributed by atoms with Gasteiger partial charge in [0.15, 0.2) is 5.78 Å². The molecule has 6 rings (SSSR count). The lowest BCUT2D eigenvalue weighted by Crippen LogP contribution is -2.40. The molecular weight excluding hydrogens is 476 g/mol. The van der Waals surface area contributed by atoms with Gasteiger partial charge in [-0.25, -0.2) is 9.97 Å². The summed E-state index contributed by atoms with van der Waals surface area (Å²) in [5, 5.41) is 13.7. The maximum absolute atomic E-state index is 13.7. The smallest absolute Gasteiger partial charge is 0.306 e. The highest BCUT2D eigenvalue weighted by atomic mass is 35.5. The topological polar surface area (TPSA) is 114 Å². The Kier molecular flexibility index (Phi) is 5.04. The summed E-state index contributed by atoms with van der Waals surface area (Å²) in [6.07, 6.45) is 8.10. The van der Waals surface area contributed by atoms with Crippen molar-refractivity contribution in [3.63, 3.8) is 0 Å². The second-order valence-electron chi connectivity index (χ2n) is 9.59. The van der Waals surface area contributed by atoms with Crippen LogP contribution in [0.15, 0.2) is 17.2 Å². The van der Waals surface area contributed by atoms with Crippen molar-refractivity contribution >= 4 is 56.4 Å². The van der Waals surface area contributed by atoms with E-state index in [-0.39, 0.29) is 22.1 Å². The molecule has 34 heavy (non-hydrogen) atoms. The van der Waals surface area contributed by atoms with E-state index in [0.29, 0.717) is 37.2 Å². The molecule has 0 radical (unpaired) electrons. The van der Waals surface area contributed by atoms with E-state index in [2.05, 4.69) is 15.3 Å². The van der Waals surface area contributed by atoms with Gasteiger partial charge in [0.1, 0.15) is 28.4 Å². The van der Waals surface area contributed by atoms with Crippen LogP contribution in [0.4, 0.5) is 11.5 Å². The number of nitrogens with one attached hydrogen (secondary N) is 1. The number of rotatable bonds is 3. The number of carbonyl (C=O) groups is 2. The van der Waals surface area contributed by atoms with Gasteiger partial charge in [-0.3, -0.25) is 19.0 Å². The summed E-state index contributed by atoms with van der Waals surface area (Å²) in [6, 6.07) is 1.53. The Balaban J connectivity index is 1.45. The summed E-state index contributed by atoms with van der Waals surface area (Å²) in [7, 11) is 0. The lowest BCUT2D eigenvalue weighted by atomic mass is 9.80. The number of carboxylic acids is 1. The number of aryl methyl sites for hydroxylation is 1. The third kappa shape index (κ3) is 3.20. The molecule has 1 spiro atoms.